The first kappa shape index (κ1) is 14.1. The highest BCUT2D eigenvalue weighted by atomic mass is 16.5. The van der Waals surface area contributed by atoms with E-state index in [0.29, 0.717) is 12.4 Å². The number of carbonyl (C=O) groups is 1. The molecule has 3 rings (SSSR count). The van der Waals surface area contributed by atoms with E-state index < -0.39 is 6.09 Å². The van der Waals surface area contributed by atoms with Gasteiger partial charge in [0, 0.05) is 11.9 Å². The molecule has 6 heteroatoms. The van der Waals surface area contributed by atoms with Crippen LogP contribution in [0.25, 0.3) is 10.8 Å². The third-order valence-electron chi connectivity index (χ3n) is 3.86. The summed E-state index contributed by atoms with van der Waals surface area (Å²) in [6, 6.07) is 11.1. The molecule has 1 amide bonds. The van der Waals surface area contributed by atoms with Crippen molar-refractivity contribution in [2.75, 3.05) is 13.2 Å². The van der Waals surface area contributed by atoms with Gasteiger partial charge in [0.15, 0.2) is 0 Å². The lowest BCUT2D eigenvalue weighted by Gasteiger charge is -2.21. The van der Waals surface area contributed by atoms with Gasteiger partial charge in [-0.15, -0.1) is 0 Å². The first-order valence-corrected chi connectivity index (χ1v) is 7.11. The van der Waals surface area contributed by atoms with Gasteiger partial charge >= 0.3 is 6.09 Å². The van der Waals surface area contributed by atoms with Crippen LogP contribution in [0.1, 0.15) is 18.5 Å². The van der Waals surface area contributed by atoms with Gasteiger partial charge in [-0.05, 0) is 30.4 Å². The molecule has 22 heavy (non-hydrogen) atoms. The summed E-state index contributed by atoms with van der Waals surface area (Å²) in [4.78, 5) is 16.7. The Labute approximate surface area is 127 Å². The van der Waals surface area contributed by atoms with Gasteiger partial charge in [0.2, 0.25) is 5.88 Å². The van der Waals surface area contributed by atoms with E-state index in [4.69, 9.17) is 15.1 Å². The number of nitrogens with zero attached hydrogens (tertiary/aromatic N) is 3. The molecular weight excluding hydrogens is 282 g/mol. The number of amides is 1. The molecule has 2 aromatic rings. The van der Waals surface area contributed by atoms with Gasteiger partial charge in [0.05, 0.1) is 6.04 Å². The smallest absolute Gasteiger partial charge is 0.407 e. The summed E-state index contributed by atoms with van der Waals surface area (Å²) in [5.74, 6) is 0.381. The first-order valence-electron chi connectivity index (χ1n) is 7.11. The van der Waals surface area contributed by atoms with Gasteiger partial charge in [-0.1, -0.05) is 18.2 Å². The number of pyridine rings is 1. The molecule has 112 valence electrons. The largest absolute Gasteiger partial charge is 0.475 e. The Kier molecular flexibility index (Phi) is 3.79. The van der Waals surface area contributed by atoms with Crippen LogP contribution in [0, 0.1) is 11.3 Å². The second-order valence-electron chi connectivity index (χ2n) is 5.23. The number of likely N-dealkylation sites (tertiary alicyclic amines) is 1. The highest BCUT2D eigenvalue weighted by molar-refractivity contribution is 5.87. The monoisotopic (exact) mass is 297 g/mol. The fourth-order valence-electron chi connectivity index (χ4n) is 2.77. The van der Waals surface area contributed by atoms with Crippen LogP contribution in [0.5, 0.6) is 5.88 Å². The molecule has 2 heterocycles. The molecule has 1 saturated heterocycles. The van der Waals surface area contributed by atoms with Crippen LogP contribution in [0.3, 0.4) is 0 Å². The minimum absolute atomic E-state index is 0.163. The van der Waals surface area contributed by atoms with E-state index in [-0.39, 0.29) is 18.3 Å². The van der Waals surface area contributed by atoms with Gasteiger partial charge < -0.3 is 14.7 Å². The number of carboxylic acid groups (broad SMARTS) is 1. The van der Waals surface area contributed by atoms with E-state index in [1.165, 1.54) is 4.90 Å². The van der Waals surface area contributed by atoms with Gasteiger partial charge in [-0.2, -0.15) is 5.26 Å². The molecule has 1 unspecified atom stereocenters. The third kappa shape index (κ3) is 2.66. The quantitative estimate of drug-likeness (QED) is 0.941. The molecule has 1 aliphatic heterocycles. The summed E-state index contributed by atoms with van der Waals surface area (Å²) < 4.78 is 5.76. The third-order valence-corrected chi connectivity index (χ3v) is 3.86. The lowest BCUT2D eigenvalue weighted by atomic mass is 10.1. The fourth-order valence-corrected chi connectivity index (χ4v) is 2.77. The standard InChI is InChI=1S/C16H15N3O3/c17-9-12-8-11-4-1-2-6-14(11)15(18-12)22-10-13-5-3-7-19(13)16(20)21/h1-2,4,6,8,13H,3,5,7,10H2,(H,20,21). The molecule has 0 aliphatic carbocycles. The number of hydrogen-bond donors (Lipinski definition) is 1. The van der Waals surface area contributed by atoms with Crippen molar-refractivity contribution >= 4 is 16.9 Å². The normalized spacial score (nSPS) is 17.4. The van der Waals surface area contributed by atoms with Crippen LogP contribution in [0.15, 0.2) is 30.3 Å². The summed E-state index contributed by atoms with van der Waals surface area (Å²) in [7, 11) is 0. The van der Waals surface area contributed by atoms with Crippen LogP contribution in [0.4, 0.5) is 4.79 Å². The van der Waals surface area contributed by atoms with E-state index in [2.05, 4.69) is 4.98 Å². The van der Waals surface area contributed by atoms with Gasteiger partial charge in [0.25, 0.3) is 0 Å². The fraction of sp³-hybridized carbons (Fsp3) is 0.312. The van der Waals surface area contributed by atoms with E-state index in [9.17, 15) is 4.79 Å². The van der Waals surface area contributed by atoms with Crippen LogP contribution < -0.4 is 4.74 Å². The van der Waals surface area contributed by atoms with Crippen molar-refractivity contribution < 1.29 is 14.6 Å². The SMILES string of the molecule is N#Cc1cc2ccccc2c(OCC2CCCN2C(=O)O)n1. The van der Waals surface area contributed by atoms with Crippen LogP contribution >= 0.6 is 0 Å². The Morgan fingerprint density at radius 1 is 1.50 bits per heavy atom. The zero-order valence-corrected chi connectivity index (χ0v) is 11.9. The zero-order chi connectivity index (χ0) is 15.5. The summed E-state index contributed by atoms with van der Waals surface area (Å²) in [6.45, 7) is 0.786. The predicted molar refractivity (Wildman–Crippen MR) is 79.7 cm³/mol. The van der Waals surface area contributed by atoms with Gasteiger partial charge in [-0.25, -0.2) is 9.78 Å². The summed E-state index contributed by atoms with van der Waals surface area (Å²) in [5.41, 5.74) is 0.287. The minimum atomic E-state index is -0.922. The zero-order valence-electron chi connectivity index (χ0n) is 11.9. The number of aromatic nitrogens is 1. The second-order valence-corrected chi connectivity index (χ2v) is 5.23. The lowest BCUT2D eigenvalue weighted by molar-refractivity contribution is 0.122. The molecule has 1 aromatic heterocycles. The predicted octanol–water partition coefficient (Wildman–Crippen LogP) is 2.63. The van der Waals surface area contributed by atoms with Crippen LogP contribution in [-0.2, 0) is 0 Å². The number of fused-ring (bicyclic) bond motifs is 1. The molecule has 1 fully saturated rings. The number of hydrogen-bond acceptors (Lipinski definition) is 4. The lowest BCUT2D eigenvalue weighted by Crippen LogP contribution is -2.38. The number of nitriles is 1. The van der Waals surface area contributed by atoms with Gasteiger partial charge in [-0.3, -0.25) is 0 Å². The molecule has 0 saturated carbocycles. The van der Waals surface area contributed by atoms with Crippen molar-refractivity contribution in [3.8, 4) is 11.9 Å². The average molecular weight is 297 g/mol. The Bertz CT molecular complexity index is 754. The van der Waals surface area contributed by atoms with Crippen molar-refractivity contribution in [2.45, 2.75) is 18.9 Å². The summed E-state index contributed by atoms with van der Waals surface area (Å²) in [6.07, 6.45) is 0.698. The molecule has 1 N–H and O–H groups in total. The molecule has 1 atom stereocenters. The van der Waals surface area contributed by atoms with Crippen molar-refractivity contribution in [3.05, 3.63) is 36.0 Å². The number of benzene rings is 1. The average Bonchev–Trinajstić information content (AvgIpc) is 3.01. The first-order chi connectivity index (χ1) is 10.7. The molecular formula is C16H15N3O3. The van der Waals surface area contributed by atoms with Crippen molar-refractivity contribution in [2.24, 2.45) is 0 Å². The van der Waals surface area contributed by atoms with E-state index >= 15 is 0 Å². The van der Waals surface area contributed by atoms with Gasteiger partial charge in [0.1, 0.15) is 18.4 Å². The van der Waals surface area contributed by atoms with Crippen molar-refractivity contribution in [1.29, 1.82) is 5.26 Å². The van der Waals surface area contributed by atoms with Crippen LogP contribution in [-0.4, -0.2) is 40.3 Å². The Morgan fingerprint density at radius 3 is 3.09 bits per heavy atom. The van der Waals surface area contributed by atoms with E-state index in [1.807, 2.05) is 30.3 Å². The van der Waals surface area contributed by atoms with E-state index in [1.54, 1.807) is 6.07 Å². The maximum atomic E-state index is 11.1. The second kappa shape index (κ2) is 5.90. The molecule has 6 nitrogen and oxygen atoms in total. The van der Waals surface area contributed by atoms with E-state index in [0.717, 1.165) is 23.6 Å². The molecule has 0 bridgehead atoms. The molecule has 1 aliphatic rings. The maximum Gasteiger partial charge on any atom is 0.407 e. The maximum absolute atomic E-state index is 11.1. The van der Waals surface area contributed by atoms with Crippen molar-refractivity contribution in [1.82, 2.24) is 9.88 Å². The number of ether oxygens (including phenoxy) is 1. The molecule has 0 radical (unpaired) electrons. The highest BCUT2D eigenvalue weighted by Crippen LogP contribution is 2.26. The highest BCUT2D eigenvalue weighted by Gasteiger charge is 2.29. The Hall–Kier alpha value is -2.81. The topological polar surface area (TPSA) is 86.5 Å². The molecule has 0 spiro atoms. The van der Waals surface area contributed by atoms with Crippen molar-refractivity contribution in [3.63, 3.8) is 0 Å². The summed E-state index contributed by atoms with van der Waals surface area (Å²) in [5, 5.41) is 19.9. The molecule has 1 aromatic carbocycles. The Balaban J connectivity index is 1.84. The number of rotatable bonds is 3. The van der Waals surface area contributed by atoms with Crippen LogP contribution in [0.2, 0.25) is 0 Å². The minimum Gasteiger partial charge on any atom is -0.475 e. The Morgan fingerprint density at radius 2 is 2.32 bits per heavy atom. The summed E-state index contributed by atoms with van der Waals surface area (Å²) >= 11 is 0.